The number of hydrogen-bond donors (Lipinski definition) is 2. The molecule has 1 aromatic carbocycles. The van der Waals surface area contributed by atoms with Gasteiger partial charge in [0.05, 0.1) is 11.0 Å². The summed E-state index contributed by atoms with van der Waals surface area (Å²) in [4.78, 5) is 0.312. The molecule has 1 fully saturated rings. The van der Waals surface area contributed by atoms with E-state index in [0.717, 1.165) is 38.0 Å². The zero-order valence-electron chi connectivity index (χ0n) is 12.5. The number of sulfonamides is 1. The maximum atomic E-state index is 12.2. The van der Waals surface area contributed by atoms with Crippen molar-refractivity contribution in [3.63, 3.8) is 0 Å². The van der Waals surface area contributed by atoms with Gasteiger partial charge in [-0.15, -0.1) is 0 Å². The molecule has 6 heteroatoms. The Kier molecular flexibility index (Phi) is 6.17. The first kappa shape index (κ1) is 16.4. The highest BCUT2D eigenvalue weighted by Gasteiger charge is 2.17. The first-order chi connectivity index (χ1) is 10.1. The van der Waals surface area contributed by atoms with Gasteiger partial charge >= 0.3 is 0 Å². The standard InChI is InChI=1S/C15H24N2O3S/c1-16-12-13-5-7-15(8-6-13)21(18,19)17-10-9-14-4-2-3-11-20-14/h5-8,14,16-17H,2-4,9-12H2,1H3. The molecule has 1 atom stereocenters. The van der Waals surface area contributed by atoms with Crippen molar-refractivity contribution in [2.24, 2.45) is 0 Å². The van der Waals surface area contributed by atoms with Crippen molar-refractivity contribution < 1.29 is 13.2 Å². The third-order valence-corrected chi connectivity index (χ3v) is 5.12. The molecule has 1 unspecified atom stereocenters. The predicted octanol–water partition coefficient (Wildman–Crippen LogP) is 1.64. The van der Waals surface area contributed by atoms with Crippen LogP contribution in [0, 0.1) is 0 Å². The van der Waals surface area contributed by atoms with E-state index in [4.69, 9.17) is 4.74 Å². The Labute approximate surface area is 127 Å². The molecule has 5 nitrogen and oxygen atoms in total. The lowest BCUT2D eigenvalue weighted by Gasteiger charge is -2.22. The van der Waals surface area contributed by atoms with Crippen molar-refractivity contribution in [3.05, 3.63) is 29.8 Å². The van der Waals surface area contributed by atoms with Crippen LogP contribution in [0.5, 0.6) is 0 Å². The van der Waals surface area contributed by atoms with Crippen molar-refractivity contribution in [3.8, 4) is 0 Å². The van der Waals surface area contributed by atoms with Crippen LogP contribution in [-0.4, -0.2) is 34.7 Å². The lowest BCUT2D eigenvalue weighted by atomic mass is 10.1. The van der Waals surface area contributed by atoms with Crippen LogP contribution in [0.15, 0.2) is 29.2 Å². The molecule has 1 aromatic rings. The molecule has 1 heterocycles. The van der Waals surface area contributed by atoms with E-state index < -0.39 is 10.0 Å². The average Bonchev–Trinajstić information content (AvgIpc) is 2.49. The molecule has 21 heavy (non-hydrogen) atoms. The van der Waals surface area contributed by atoms with Gasteiger partial charge in [0.15, 0.2) is 0 Å². The molecule has 1 aliphatic heterocycles. The summed E-state index contributed by atoms with van der Waals surface area (Å²) >= 11 is 0. The number of nitrogens with one attached hydrogen (secondary N) is 2. The smallest absolute Gasteiger partial charge is 0.240 e. The van der Waals surface area contributed by atoms with Crippen molar-refractivity contribution in [1.82, 2.24) is 10.0 Å². The zero-order chi connectivity index (χ0) is 15.1. The largest absolute Gasteiger partial charge is 0.378 e. The summed E-state index contributed by atoms with van der Waals surface area (Å²) in [5, 5.41) is 3.03. The van der Waals surface area contributed by atoms with Gasteiger partial charge < -0.3 is 10.1 Å². The van der Waals surface area contributed by atoms with Crippen LogP contribution in [0.4, 0.5) is 0 Å². The van der Waals surface area contributed by atoms with E-state index in [2.05, 4.69) is 10.0 Å². The highest BCUT2D eigenvalue weighted by atomic mass is 32.2. The Morgan fingerprint density at radius 1 is 1.24 bits per heavy atom. The van der Waals surface area contributed by atoms with Crippen molar-refractivity contribution in [1.29, 1.82) is 0 Å². The van der Waals surface area contributed by atoms with Crippen LogP contribution < -0.4 is 10.0 Å². The normalized spacial score (nSPS) is 19.6. The van der Waals surface area contributed by atoms with Gasteiger partial charge in [0.25, 0.3) is 0 Å². The van der Waals surface area contributed by atoms with E-state index >= 15 is 0 Å². The Morgan fingerprint density at radius 3 is 2.62 bits per heavy atom. The van der Waals surface area contributed by atoms with E-state index in [9.17, 15) is 8.42 Å². The minimum atomic E-state index is -3.42. The van der Waals surface area contributed by atoms with E-state index in [-0.39, 0.29) is 6.10 Å². The molecule has 0 aliphatic carbocycles. The minimum absolute atomic E-state index is 0.194. The van der Waals surface area contributed by atoms with E-state index in [1.807, 2.05) is 19.2 Å². The maximum Gasteiger partial charge on any atom is 0.240 e. The van der Waals surface area contributed by atoms with Crippen molar-refractivity contribution in [2.45, 2.75) is 43.2 Å². The van der Waals surface area contributed by atoms with Gasteiger partial charge in [0.1, 0.15) is 0 Å². The molecule has 0 aromatic heterocycles. The van der Waals surface area contributed by atoms with Crippen molar-refractivity contribution >= 4 is 10.0 Å². The summed E-state index contributed by atoms with van der Waals surface area (Å²) in [5.41, 5.74) is 1.06. The van der Waals surface area contributed by atoms with Crippen LogP contribution in [0.2, 0.25) is 0 Å². The molecule has 118 valence electrons. The molecule has 0 saturated carbocycles. The molecular formula is C15H24N2O3S. The summed E-state index contributed by atoms with van der Waals surface area (Å²) in [6, 6.07) is 6.95. The first-order valence-corrected chi connectivity index (χ1v) is 8.95. The minimum Gasteiger partial charge on any atom is -0.378 e. The Balaban J connectivity index is 1.85. The van der Waals surface area contributed by atoms with E-state index in [0.29, 0.717) is 11.4 Å². The molecule has 1 aliphatic rings. The zero-order valence-corrected chi connectivity index (χ0v) is 13.3. The van der Waals surface area contributed by atoms with Gasteiger partial charge in [-0.3, -0.25) is 0 Å². The van der Waals surface area contributed by atoms with Crippen molar-refractivity contribution in [2.75, 3.05) is 20.2 Å². The van der Waals surface area contributed by atoms with Crippen LogP contribution in [0.3, 0.4) is 0 Å². The summed E-state index contributed by atoms with van der Waals surface area (Å²) < 4.78 is 32.6. The summed E-state index contributed by atoms with van der Waals surface area (Å²) in [7, 11) is -1.56. The molecule has 0 amide bonds. The predicted molar refractivity (Wildman–Crippen MR) is 82.6 cm³/mol. The second-order valence-corrected chi connectivity index (χ2v) is 7.12. The molecule has 2 N–H and O–H groups in total. The monoisotopic (exact) mass is 312 g/mol. The van der Waals surface area contributed by atoms with Crippen LogP contribution in [0.25, 0.3) is 0 Å². The summed E-state index contributed by atoms with van der Waals surface area (Å²) in [5.74, 6) is 0. The fourth-order valence-corrected chi connectivity index (χ4v) is 3.51. The molecular weight excluding hydrogens is 288 g/mol. The fraction of sp³-hybridized carbons (Fsp3) is 0.600. The van der Waals surface area contributed by atoms with E-state index in [1.54, 1.807) is 12.1 Å². The number of benzene rings is 1. The number of rotatable bonds is 7. The SMILES string of the molecule is CNCc1ccc(S(=O)(=O)NCCC2CCCCO2)cc1. The average molecular weight is 312 g/mol. The topological polar surface area (TPSA) is 67.4 Å². The maximum absolute atomic E-state index is 12.2. The van der Waals surface area contributed by atoms with Gasteiger partial charge in [-0.05, 0) is 50.4 Å². The highest BCUT2D eigenvalue weighted by Crippen LogP contribution is 2.16. The van der Waals surface area contributed by atoms with Gasteiger partial charge in [0, 0.05) is 19.7 Å². The van der Waals surface area contributed by atoms with Gasteiger partial charge in [-0.25, -0.2) is 13.1 Å². The fourth-order valence-electron chi connectivity index (χ4n) is 2.46. The Morgan fingerprint density at radius 2 is 2.00 bits per heavy atom. The lowest BCUT2D eigenvalue weighted by Crippen LogP contribution is -2.29. The molecule has 0 spiro atoms. The van der Waals surface area contributed by atoms with Gasteiger partial charge in [-0.2, -0.15) is 0 Å². The Hall–Kier alpha value is -0.950. The molecule has 1 saturated heterocycles. The third kappa shape index (κ3) is 5.07. The second-order valence-electron chi connectivity index (χ2n) is 5.35. The number of ether oxygens (including phenoxy) is 1. The van der Waals surface area contributed by atoms with Crippen LogP contribution in [-0.2, 0) is 21.3 Å². The number of hydrogen-bond acceptors (Lipinski definition) is 4. The molecule has 2 rings (SSSR count). The van der Waals surface area contributed by atoms with Crippen LogP contribution in [0.1, 0.15) is 31.2 Å². The second kappa shape index (κ2) is 7.89. The summed E-state index contributed by atoms with van der Waals surface area (Å²) in [6.45, 7) is 1.95. The highest BCUT2D eigenvalue weighted by molar-refractivity contribution is 7.89. The van der Waals surface area contributed by atoms with Gasteiger partial charge in [-0.1, -0.05) is 12.1 Å². The molecule has 0 radical (unpaired) electrons. The third-order valence-electron chi connectivity index (χ3n) is 3.65. The molecule has 0 bridgehead atoms. The quantitative estimate of drug-likeness (QED) is 0.803. The van der Waals surface area contributed by atoms with Crippen LogP contribution >= 0.6 is 0 Å². The summed E-state index contributed by atoms with van der Waals surface area (Å²) in [6.07, 6.45) is 4.24. The van der Waals surface area contributed by atoms with E-state index in [1.165, 1.54) is 6.42 Å². The first-order valence-electron chi connectivity index (χ1n) is 7.46. The van der Waals surface area contributed by atoms with Gasteiger partial charge in [0.2, 0.25) is 10.0 Å². The Bertz CT molecular complexity index is 522. The lowest BCUT2D eigenvalue weighted by molar-refractivity contribution is 0.0123.